The fourth-order valence-electron chi connectivity index (χ4n) is 6.67. The van der Waals surface area contributed by atoms with E-state index in [1.807, 2.05) is 35.2 Å². The first kappa shape index (κ1) is 40.7. The Balaban J connectivity index is 0.00000580. The largest absolute Gasteiger partial charge is 0.625 e. The van der Waals surface area contributed by atoms with Gasteiger partial charge >= 0.3 is 12.1 Å². The van der Waals surface area contributed by atoms with E-state index in [0.717, 1.165) is 12.0 Å². The van der Waals surface area contributed by atoms with Crippen LogP contribution in [0.3, 0.4) is 0 Å². The second-order valence-corrected chi connectivity index (χ2v) is 12.7. The molecule has 2 heterocycles. The summed E-state index contributed by atoms with van der Waals surface area (Å²) in [7, 11) is 0. The maximum Gasteiger partial charge on any atom is 0.416 e. The first-order valence-electron chi connectivity index (χ1n) is 16.9. The molecule has 6 rings (SSSR count). The number of benzene rings is 4. The van der Waals surface area contributed by atoms with Gasteiger partial charge in [-0.3, -0.25) is 14.7 Å². The Labute approximate surface area is 321 Å². The van der Waals surface area contributed by atoms with Gasteiger partial charge in [0.2, 0.25) is 11.7 Å². The molecule has 2 aliphatic rings. The molecule has 10 nitrogen and oxygen atoms in total. The molecule has 1 N–H and O–H groups in total. The Bertz CT molecular complexity index is 2080. The minimum atomic E-state index is -2.49. The summed E-state index contributed by atoms with van der Waals surface area (Å²) in [6, 6.07) is 20.5. The number of ether oxygens (including phenoxy) is 1. The van der Waals surface area contributed by atoms with Crippen molar-refractivity contribution >= 4 is 35.3 Å². The Morgan fingerprint density at radius 2 is 1.44 bits per heavy atom. The van der Waals surface area contributed by atoms with Crippen molar-refractivity contribution in [2.45, 2.75) is 43.8 Å². The molecular weight excluding hydrogens is 774 g/mol. The van der Waals surface area contributed by atoms with E-state index in [1.54, 1.807) is 30.3 Å². The van der Waals surface area contributed by atoms with Gasteiger partial charge in [0.15, 0.2) is 29.3 Å². The summed E-state index contributed by atoms with van der Waals surface area (Å²) in [5.74, 6) is -17.9. The summed E-state index contributed by atoms with van der Waals surface area (Å²) in [5.41, 5.74) is -0.394. The fourth-order valence-corrected chi connectivity index (χ4v) is 6.67. The number of hydrogen-bond acceptors (Lipinski definition) is 7. The summed E-state index contributed by atoms with van der Waals surface area (Å²) in [6.45, 7) is 0.607. The number of carbonyl (C=O) groups excluding carboxylic acids is 3. The van der Waals surface area contributed by atoms with Gasteiger partial charge in [-0.15, -0.1) is 5.69 Å². The van der Waals surface area contributed by atoms with Crippen LogP contribution in [0.4, 0.5) is 32.4 Å². The topological polar surface area (TPSA) is 131 Å². The van der Waals surface area contributed by atoms with Crippen molar-refractivity contribution in [3.63, 3.8) is 0 Å². The number of imide groups is 1. The Morgan fingerprint density at radius 1 is 0.836 bits per heavy atom. The third-order valence-electron chi connectivity index (χ3n) is 9.29. The third kappa shape index (κ3) is 8.76. The zero-order valence-corrected chi connectivity index (χ0v) is 29.7. The second-order valence-electron chi connectivity index (χ2n) is 12.7. The number of carboxylic acids is 1. The minimum absolute atomic E-state index is 0. The molecule has 4 aromatic carbocycles. The van der Waals surface area contributed by atoms with Crippen LogP contribution in [0.1, 0.15) is 47.4 Å². The van der Waals surface area contributed by atoms with Crippen LogP contribution in [0.5, 0.6) is 0 Å². The van der Waals surface area contributed by atoms with Crippen molar-refractivity contribution in [3.8, 4) is 0 Å². The number of aliphatic carboxylic acids is 1. The van der Waals surface area contributed by atoms with Crippen LogP contribution < -0.4 is 0 Å². The first-order valence-corrected chi connectivity index (χ1v) is 16.9. The average Bonchev–Trinajstić information content (AvgIpc) is 3.83. The molecule has 2 fully saturated rings. The molecule has 0 radical (unpaired) electrons. The van der Waals surface area contributed by atoms with Crippen LogP contribution >= 0.6 is 0 Å². The predicted molar refractivity (Wildman–Crippen MR) is 184 cm³/mol. The van der Waals surface area contributed by atoms with Gasteiger partial charge in [0.25, 0.3) is 0 Å². The number of rotatable bonds is 12. The summed E-state index contributed by atoms with van der Waals surface area (Å²) in [5, 5.41) is 15.0. The molecule has 0 saturated carbocycles. The minimum Gasteiger partial charge on any atom is -0.625 e. The zero-order chi connectivity index (χ0) is 38.5. The van der Waals surface area contributed by atoms with Crippen LogP contribution in [-0.4, -0.2) is 76.3 Å². The van der Waals surface area contributed by atoms with Gasteiger partial charge in [0.1, 0.15) is 6.61 Å². The molecule has 2 saturated heterocycles. The second kappa shape index (κ2) is 17.8. The van der Waals surface area contributed by atoms with E-state index in [1.165, 1.54) is 24.3 Å². The van der Waals surface area contributed by atoms with E-state index in [4.69, 9.17) is 4.74 Å². The van der Waals surface area contributed by atoms with Gasteiger partial charge in [-0.1, -0.05) is 84.9 Å². The van der Waals surface area contributed by atoms with E-state index in [9.17, 15) is 37.5 Å². The molecule has 0 unspecified atom stereocenters. The molecule has 55 heavy (non-hydrogen) atoms. The van der Waals surface area contributed by atoms with Crippen LogP contribution in [-0.2, 0) is 42.2 Å². The number of halogens is 5. The smallest absolute Gasteiger partial charge is 0.416 e. The molecule has 16 heteroatoms. The average molecular weight is 806 g/mol. The maximum atomic E-state index is 15.5. The zero-order valence-electron chi connectivity index (χ0n) is 28.7. The number of hydrogen-bond donors (Lipinski definition) is 1. The Hall–Kier alpha value is -5.47. The van der Waals surface area contributed by atoms with E-state index in [-0.39, 0.29) is 52.2 Å². The SMILES string of the molecule is O=C(O)[C@H](N=C(c1ccccc1)c1ccccc1[N-]C(=O)[C@@H]1CCCN1Cc1ccccc1)[C@@H](CC(=O)N1CCOC1=O)c1c(F)c(F)c(F)c(F)c1F.[Ni]. The van der Waals surface area contributed by atoms with Gasteiger partial charge in [0.05, 0.1) is 24.2 Å². The number of carboxylic acid groups (broad SMARTS) is 1. The number of amides is 3. The molecule has 290 valence electrons. The van der Waals surface area contributed by atoms with Gasteiger partial charge in [-0.05, 0) is 30.5 Å². The van der Waals surface area contributed by atoms with Crippen molar-refractivity contribution in [1.82, 2.24) is 9.80 Å². The van der Waals surface area contributed by atoms with Crippen molar-refractivity contribution < 1.29 is 67.5 Å². The molecular formula is C39H32F5N4NiO6-. The summed E-state index contributed by atoms with van der Waals surface area (Å²) in [6.07, 6.45) is -1.09. The normalized spacial score (nSPS) is 17.0. The molecule has 0 aliphatic carbocycles. The van der Waals surface area contributed by atoms with E-state index >= 15 is 8.78 Å². The predicted octanol–water partition coefficient (Wildman–Crippen LogP) is 7.02. The van der Waals surface area contributed by atoms with Gasteiger partial charge in [-0.2, -0.15) is 0 Å². The van der Waals surface area contributed by atoms with Crippen molar-refractivity contribution in [3.05, 3.63) is 142 Å². The third-order valence-corrected chi connectivity index (χ3v) is 9.29. The first-order chi connectivity index (χ1) is 26.0. The molecule has 0 bridgehead atoms. The van der Waals surface area contributed by atoms with Crippen LogP contribution in [0.25, 0.3) is 5.32 Å². The molecule has 3 atom stereocenters. The monoisotopic (exact) mass is 805 g/mol. The number of aliphatic imine (C=N–C) groups is 1. The van der Waals surface area contributed by atoms with Crippen molar-refractivity contribution in [2.75, 3.05) is 19.7 Å². The number of nitrogens with zero attached hydrogens (tertiary/aromatic N) is 4. The Morgan fingerprint density at radius 3 is 2.05 bits per heavy atom. The number of carbonyl (C=O) groups is 4. The van der Waals surface area contributed by atoms with Crippen LogP contribution in [0.15, 0.2) is 89.9 Å². The molecule has 0 spiro atoms. The van der Waals surface area contributed by atoms with Crippen molar-refractivity contribution in [2.24, 2.45) is 4.99 Å². The fraction of sp³-hybridized carbons (Fsp3) is 0.256. The molecule has 4 aromatic rings. The summed E-state index contributed by atoms with van der Waals surface area (Å²) >= 11 is 0. The molecule has 0 aromatic heterocycles. The summed E-state index contributed by atoms with van der Waals surface area (Å²) in [4.78, 5) is 59.2. The van der Waals surface area contributed by atoms with E-state index < -0.39 is 82.9 Å². The summed E-state index contributed by atoms with van der Waals surface area (Å²) < 4.78 is 79.1. The van der Waals surface area contributed by atoms with Crippen LogP contribution in [0.2, 0.25) is 0 Å². The van der Waals surface area contributed by atoms with Crippen LogP contribution in [0, 0.1) is 29.1 Å². The standard InChI is InChI=1S/C39H33F5N4O6.Ni/c40-30-29(31(41)33(43)34(44)32(30)42)25(20-28(49)48-18-19-54-39(48)53)36(38(51)52)46-35(23-12-5-2-6-13-23)24-14-7-8-15-26(24)45-37(50)27-16-9-17-47(27)21-22-10-3-1-4-11-22;/h1-8,10-15,25,27,36H,9,16-21H2,(H2,45,46,50,51,52);/p-1/t25-,27-,36+;/m0./s1. The Kier molecular flexibility index (Phi) is 13.2. The van der Waals surface area contributed by atoms with E-state index in [0.29, 0.717) is 24.4 Å². The number of cyclic esters (lactones) is 1. The van der Waals surface area contributed by atoms with Gasteiger partial charge < -0.3 is 20.0 Å². The number of likely N-dealkylation sites (tertiary alicyclic amines) is 1. The van der Waals surface area contributed by atoms with Gasteiger partial charge in [0, 0.05) is 46.5 Å². The maximum absolute atomic E-state index is 15.5. The van der Waals surface area contributed by atoms with Crippen molar-refractivity contribution in [1.29, 1.82) is 0 Å². The quantitative estimate of drug-likeness (QED) is 0.0536. The molecule has 2 aliphatic heterocycles. The number of para-hydroxylation sites is 1. The van der Waals surface area contributed by atoms with E-state index in [2.05, 4.69) is 10.3 Å². The molecule has 3 amide bonds. The van der Waals surface area contributed by atoms with Gasteiger partial charge in [-0.25, -0.2) is 36.4 Å².